The fraction of sp³-hybridized carbons (Fsp3) is 0.571. The second-order valence-corrected chi connectivity index (χ2v) is 4.73. The summed E-state index contributed by atoms with van der Waals surface area (Å²) in [4.78, 5) is 2.53. The highest BCUT2D eigenvalue weighted by Gasteiger charge is 2.24. The monoisotopic (exact) mass is 219 g/mol. The van der Waals surface area contributed by atoms with Gasteiger partial charge in [0.1, 0.15) is 5.75 Å². The molecule has 1 heterocycles. The Morgan fingerprint density at radius 3 is 2.12 bits per heavy atom. The Bertz CT molecular complexity index is 323. The van der Waals surface area contributed by atoms with Crippen LogP contribution in [-0.4, -0.2) is 19.2 Å². The number of hydrogen-bond acceptors (Lipinski definition) is 2. The molecule has 88 valence electrons. The maximum atomic E-state index is 5.19. The molecule has 0 aromatic heterocycles. The molecule has 0 amide bonds. The van der Waals surface area contributed by atoms with Crippen molar-refractivity contribution in [2.75, 3.05) is 12.0 Å². The van der Waals surface area contributed by atoms with E-state index in [2.05, 4.69) is 30.9 Å². The van der Waals surface area contributed by atoms with Gasteiger partial charge in [-0.3, -0.25) is 0 Å². The number of nitrogens with zero attached hydrogens (tertiary/aromatic N) is 1. The summed E-state index contributed by atoms with van der Waals surface area (Å²) < 4.78 is 5.19. The predicted octanol–water partition coefficient (Wildman–Crippen LogP) is 3.46. The Balaban J connectivity index is 2.20. The van der Waals surface area contributed by atoms with E-state index in [4.69, 9.17) is 4.74 Å². The molecule has 1 aliphatic heterocycles. The highest BCUT2D eigenvalue weighted by Crippen LogP contribution is 2.29. The fourth-order valence-corrected chi connectivity index (χ4v) is 2.68. The first-order chi connectivity index (χ1) is 7.72. The summed E-state index contributed by atoms with van der Waals surface area (Å²) in [5, 5.41) is 0. The lowest BCUT2D eigenvalue weighted by Gasteiger charge is -2.41. The largest absolute Gasteiger partial charge is 0.497 e. The van der Waals surface area contributed by atoms with Gasteiger partial charge in [0.25, 0.3) is 0 Å². The molecule has 0 saturated carbocycles. The van der Waals surface area contributed by atoms with Crippen molar-refractivity contribution < 1.29 is 4.74 Å². The molecular weight excluding hydrogens is 198 g/mol. The van der Waals surface area contributed by atoms with Gasteiger partial charge in [0, 0.05) is 17.8 Å². The fourth-order valence-electron chi connectivity index (χ4n) is 2.68. The lowest BCUT2D eigenvalue weighted by molar-refractivity contribution is 0.409. The minimum absolute atomic E-state index is 0.650. The quantitative estimate of drug-likeness (QED) is 0.755. The number of benzene rings is 1. The first-order valence-electron chi connectivity index (χ1n) is 6.14. The van der Waals surface area contributed by atoms with Gasteiger partial charge in [0.15, 0.2) is 0 Å². The van der Waals surface area contributed by atoms with E-state index in [0.29, 0.717) is 12.1 Å². The van der Waals surface area contributed by atoms with Gasteiger partial charge in [0.2, 0.25) is 0 Å². The zero-order valence-corrected chi connectivity index (χ0v) is 10.4. The molecule has 0 spiro atoms. The van der Waals surface area contributed by atoms with Crippen molar-refractivity contribution >= 4 is 5.69 Å². The molecule has 2 rings (SSSR count). The third-order valence-corrected chi connectivity index (χ3v) is 3.56. The van der Waals surface area contributed by atoms with E-state index in [1.54, 1.807) is 7.11 Å². The van der Waals surface area contributed by atoms with E-state index in [-0.39, 0.29) is 0 Å². The van der Waals surface area contributed by atoms with Gasteiger partial charge in [-0.25, -0.2) is 0 Å². The summed E-state index contributed by atoms with van der Waals surface area (Å²) in [6.45, 7) is 4.64. The summed E-state index contributed by atoms with van der Waals surface area (Å²) in [6, 6.07) is 9.72. The number of anilines is 1. The van der Waals surface area contributed by atoms with Crippen LogP contribution >= 0.6 is 0 Å². The van der Waals surface area contributed by atoms with E-state index < -0.39 is 0 Å². The van der Waals surface area contributed by atoms with Crippen LogP contribution in [0.4, 0.5) is 5.69 Å². The lowest BCUT2D eigenvalue weighted by Crippen LogP contribution is -2.43. The maximum Gasteiger partial charge on any atom is 0.119 e. The number of ether oxygens (including phenoxy) is 1. The molecule has 0 radical (unpaired) electrons. The Kier molecular flexibility index (Phi) is 3.37. The summed E-state index contributed by atoms with van der Waals surface area (Å²) >= 11 is 0. The standard InChI is InChI=1S/C14H21NO/c1-11-5-4-6-12(2)15(11)13-7-9-14(16-3)10-8-13/h7-12H,4-6H2,1-3H3. The van der Waals surface area contributed by atoms with E-state index in [0.717, 1.165) is 5.75 Å². The highest BCUT2D eigenvalue weighted by molar-refractivity contribution is 5.51. The molecule has 1 saturated heterocycles. The summed E-state index contributed by atoms with van der Waals surface area (Å²) in [5.41, 5.74) is 1.32. The van der Waals surface area contributed by atoms with Gasteiger partial charge in [-0.15, -0.1) is 0 Å². The molecule has 2 unspecified atom stereocenters. The molecule has 2 nitrogen and oxygen atoms in total. The van der Waals surface area contributed by atoms with Crippen molar-refractivity contribution in [3.05, 3.63) is 24.3 Å². The first kappa shape index (κ1) is 11.3. The smallest absolute Gasteiger partial charge is 0.119 e. The highest BCUT2D eigenvalue weighted by atomic mass is 16.5. The summed E-state index contributed by atoms with van der Waals surface area (Å²) in [5.74, 6) is 0.932. The molecule has 0 bridgehead atoms. The molecular formula is C14H21NO. The van der Waals surface area contributed by atoms with Gasteiger partial charge in [-0.1, -0.05) is 0 Å². The molecule has 1 aromatic rings. The van der Waals surface area contributed by atoms with Gasteiger partial charge in [0.05, 0.1) is 7.11 Å². The Morgan fingerprint density at radius 1 is 1.06 bits per heavy atom. The van der Waals surface area contributed by atoms with Crippen LogP contribution in [0.3, 0.4) is 0 Å². The van der Waals surface area contributed by atoms with Crippen molar-refractivity contribution in [2.45, 2.75) is 45.2 Å². The van der Waals surface area contributed by atoms with Gasteiger partial charge < -0.3 is 9.64 Å². The number of piperidine rings is 1. The third kappa shape index (κ3) is 2.16. The van der Waals surface area contributed by atoms with Crippen molar-refractivity contribution in [1.82, 2.24) is 0 Å². The van der Waals surface area contributed by atoms with Gasteiger partial charge >= 0.3 is 0 Å². The first-order valence-corrected chi connectivity index (χ1v) is 6.14. The van der Waals surface area contributed by atoms with Crippen LogP contribution in [0.5, 0.6) is 5.75 Å². The Morgan fingerprint density at radius 2 is 1.62 bits per heavy atom. The Hall–Kier alpha value is -1.18. The summed E-state index contributed by atoms with van der Waals surface area (Å²) in [6.07, 6.45) is 3.96. The summed E-state index contributed by atoms with van der Waals surface area (Å²) in [7, 11) is 1.71. The normalized spacial score (nSPS) is 25.6. The second-order valence-electron chi connectivity index (χ2n) is 4.73. The maximum absolute atomic E-state index is 5.19. The molecule has 1 fully saturated rings. The number of methoxy groups -OCH3 is 1. The Labute approximate surface area is 98.2 Å². The number of hydrogen-bond donors (Lipinski definition) is 0. The minimum atomic E-state index is 0.650. The zero-order valence-electron chi connectivity index (χ0n) is 10.4. The van der Waals surface area contributed by atoms with E-state index in [1.807, 2.05) is 12.1 Å². The molecule has 2 atom stereocenters. The van der Waals surface area contributed by atoms with Crippen LogP contribution in [0.15, 0.2) is 24.3 Å². The van der Waals surface area contributed by atoms with Crippen LogP contribution in [0.25, 0.3) is 0 Å². The van der Waals surface area contributed by atoms with Crippen LogP contribution in [0, 0.1) is 0 Å². The topological polar surface area (TPSA) is 12.5 Å². The molecule has 0 N–H and O–H groups in total. The van der Waals surface area contributed by atoms with Crippen molar-refractivity contribution in [3.63, 3.8) is 0 Å². The van der Waals surface area contributed by atoms with Crippen LogP contribution in [0.2, 0.25) is 0 Å². The average Bonchev–Trinajstić information content (AvgIpc) is 2.30. The molecule has 1 aliphatic rings. The molecule has 2 heteroatoms. The van der Waals surface area contributed by atoms with E-state index >= 15 is 0 Å². The lowest BCUT2D eigenvalue weighted by atomic mass is 9.96. The van der Waals surface area contributed by atoms with E-state index in [1.165, 1.54) is 24.9 Å². The van der Waals surface area contributed by atoms with E-state index in [9.17, 15) is 0 Å². The van der Waals surface area contributed by atoms with Crippen molar-refractivity contribution in [1.29, 1.82) is 0 Å². The predicted molar refractivity (Wildman–Crippen MR) is 68.2 cm³/mol. The molecule has 1 aromatic carbocycles. The van der Waals surface area contributed by atoms with Crippen LogP contribution < -0.4 is 9.64 Å². The van der Waals surface area contributed by atoms with Crippen molar-refractivity contribution in [2.24, 2.45) is 0 Å². The SMILES string of the molecule is COc1ccc(N2C(C)CCCC2C)cc1. The van der Waals surface area contributed by atoms with Crippen LogP contribution in [-0.2, 0) is 0 Å². The average molecular weight is 219 g/mol. The number of rotatable bonds is 2. The minimum Gasteiger partial charge on any atom is -0.497 e. The van der Waals surface area contributed by atoms with Crippen LogP contribution in [0.1, 0.15) is 33.1 Å². The van der Waals surface area contributed by atoms with Gasteiger partial charge in [-0.2, -0.15) is 0 Å². The van der Waals surface area contributed by atoms with Crippen molar-refractivity contribution in [3.8, 4) is 5.75 Å². The third-order valence-electron chi connectivity index (χ3n) is 3.56. The zero-order chi connectivity index (χ0) is 11.5. The molecule has 16 heavy (non-hydrogen) atoms. The second kappa shape index (κ2) is 4.77. The molecule has 0 aliphatic carbocycles. The van der Waals surface area contributed by atoms with Gasteiger partial charge in [-0.05, 0) is 57.4 Å².